The van der Waals surface area contributed by atoms with Crippen LogP contribution in [0.25, 0.3) is 0 Å². The van der Waals surface area contributed by atoms with E-state index in [1.54, 1.807) is 0 Å². The summed E-state index contributed by atoms with van der Waals surface area (Å²) < 4.78 is 0. The van der Waals surface area contributed by atoms with Crippen molar-refractivity contribution < 1.29 is 4.79 Å². The van der Waals surface area contributed by atoms with Crippen molar-refractivity contribution >= 4 is 5.91 Å². The largest absolute Gasteiger partial charge is 0.353 e. The van der Waals surface area contributed by atoms with Crippen molar-refractivity contribution in [2.24, 2.45) is 11.7 Å². The van der Waals surface area contributed by atoms with Gasteiger partial charge in [0, 0.05) is 12.5 Å². The molecule has 0 bridgehead atoms. The molecule has 17 heavy (non-hydrogen) atoms. The van der Waals surface area contributed by atoms with E-state index in [1.165, 1.54) is 32.1 Å². The summed E-state index contributed by atoms with van der Waals surface area (Å²) in [5, 5.41) is 3.19. The number of rotatable bonds is 5. The molecule has 1 unspecified atom stereocenters. The van der Waals surface area contributed by atoms with Gasteiger partial charge in [0.05, 0.1) is 0 Å². The van der Waals surface area contributed by atoms with Crippen LogP contribution in [0.15, 0.2) is 0 Å². The summed E-state index contributed by atoms with van der Waals surface area (Å²) in [6, 6.07) is 0.415. The second-order valence-electron chi connectivity index (χ2n) is 5.32. The predicted molar refractivity (Wildman–Crippen MR) is 71.7 cm³/mol. The van der Waals surface area contributed by atoms with Gasteiger partial charge in [-0.1, -0.05) is 45.4 Å². The molecule has 1 aliphatic carbocycles. The lowest BCUT2D eigenvalue weighted by Gasteiger charge is -2.22. The van der Waals surface area contributed by atoms with Gasteiger partial charge in [-0.15, -0.1) is 0 Å². The number of carbonyl (C=O) groups excluding carboxylic acids is 1. The fourth-order valence-electron chi connectivity index (χ4n) is 2.54. The molecule has 0 aromatic heterocycles. The van der Waals surface area contributed by atoms with Crippen LogP contribution >= 0.6 is 0 Å². The number of hydrogen-bond donors (Lipinski definition) is 2. The number of nitrogens with one attached hydrogen (secondary N) is 1. The summed E-state index contributed by atoms with van der Waals surface area (Å²) >= 11 is 0. The molecule has 0 heterocycles. The number of carbonyl (C=O) groups is 1. The van der Waals surface area contributed by atoms with Crippen molar-refractivity contribution in [2.75, 3.05) is 6.54 Å². The minimum Gasteiger partial charge on any atom is -0.353 e. The minimum atomic E-state index is 0.202. The number of hydrogen-bond acceptors (Lipinski definition) is 2. The highest BCUT2D eigenvalue weighted by Gasteiger charge is 2.16. The zero-order valence-electron chi connectivity index (χ0n) is 11.2. The summed E-state index contributed by atoms with van der Waals surface area (Å²) in [4.78, 5) is 11.9. The lowest BCUT2D eigenvalue weighted by atomic mass is 9.96. The van der Waals surface area contributed by atoms with Crippen molar-refractivity contribution in [3.05, 3.63) is 0 Å². The Morgan fingerprint density at radius 1 is 1.24 bits per heavy atom. The maximum absolute atomic E-state index is 11.9. The van der Waals surface area contributed by atoms with Crippen LogP contribution in [-0.2, 0) is 4.79 Å². The van der Waals surface area contributed by atoms with Crippen LogP contribution in [0.3, 0.4) is 0 Å². The molecule has 0 radical (unpaired) electrons. The van der Waals surface area contributed by atoms with E-state index >= 15 is 0 Å². The van der Waals surface area contributed by atoms with Crippen molar-refractivity contribution in [3.8, 4) is 0 Å². The minimum absolute atomic E-state index is 0.202. The van der Waals surface area contributed by atoms with Crippen LogP contribution in [0, 0.1) is 5.92 Å². The topological polar surface area (TPSA) is 55.1 Å². The maximum Gasteiger partial charge on any atom is 0.220 e. The zero-order valence-corrected chi connectivity index (χ0v) is 11.2. The lowest BCUT2D eigenvalue weighted by Crippen LogP contribution is -2.36. The van der Waals surface area contributed by atoms with Crippen LogP contribution in [0.4, 0.5) is 0 Å². The average Bonchev–Trinajstić information content (AvgIpc) is 2.29. The van der Waals surface area contributed by atoms with E-state index in [2.05, 4.69) is 12.2 Å². The Labute approximate surface area is 106 Å². The first kappa shape index (κ1) is 14.5. The van der Waals surface area contributed by atoms with E-state index in [4.69, 9.17) is 5.73 Å². The van der Waals surface area contributed by atoms with Gasteiger partial charge in [0.15, 0.2) is 0 Å². The maximum atomic E-state index is 11.9. The molecule has 0 aromatic rings. The second-order valence-corrected chi connectivity index (χ2v) is 5.32. The summed E-state index contributed by atoms with van der Waals surface area (Å²) in [5.74, 6) is 0.552. The normalized spacial score (nSPS) is 20.4. The van der Waals surface area contributed by atoms with Crippen molar-refractivity contribution in [2.45, 2.75) is 70.8 Å². The number of amides is 1. The van der Waals surface area contributed by atoms with Crippen molar-refractivity contribution in [3.63, 3.8) is 0 Å². The SMILES string of the molecule is CCC(CN)CC(=O)NC1CCCCCCC1. The van der Waals surface area contributed by atoms with E-state index in [9.17, 15) is 4.79 Å². The Hall–Kier alpha value is -0.570. The van der Waals surface area contributed by atoms with Crippen LogP contribution < -0.4 is 11.1 Å². The van der Waals surface area contributed by atoms with Gasteiger partial charge in [0.25, 0.3) is 0 Å². The highest BCUT2D eigenvalue weighted by Crippen LogP contribution is 2.17. The highest BCUT2D eigenvalue weighted by molar-refractivity contribution is 5.76. The third-order valence-electron chi connectivity index (χ3n) is 3.86. The summed E-state index contributed by atoms with van der Waals surface area (Å²) in [6.07, 6.45) is 10.5. The molecule has 1 fully saturated rings. The molecule has 1 atom stereocenters. The molecule has 1 aliphatic rings. The third-order valence-corrected chi connectivity index (χ3v) is 3.86. The Kier molecular flexibility index (Phi) is 7.25. The fourth-order valence-corrected chi connectivity index (χ4v) is 2.54. The molecule has 3 nitrogen and oxygen atoms in total. The van der Waals surface area contributed by atoms with Crippen LogP contribution in [0.2, 0.25) is 0 Å². The third kappa shape index (κ3) is 6.06. The van der Waals surface area contributed by atoms with E-state index in [-0.39, 0.29) is 5.91 Å². The Balaban J connectivity index is 2.27. The molecule has 0 aliphatic heterocycles. The van der Waals surface area contributed by atoms with Crippen LogP contribution in [0.1, 0.15) is 64.7 Å². The summed E-state index contributed by atoms with van der Waals surface area (Å²) in [5.41, 5.74) is 5.63. The van der Waals surface area contributed by atoms with Gasteiger partial charge in [-0.05, 0) is 25.3 Å². The quantitative estimate of drug-likeness (QED) is 0.776. The fraction of sp³-hybridized carbons (Fsp3) is 0.929. The van der Waals surface area contributed by atoms with Gasteiger partial charge in [-0.3, -0.25) is 4.79 Å². The highest BCUT2D eigenvalue weighted by atomic mass is 16.1. The molecule has 0 aromatic carbocycles. The molecule has 0 saturated heterocycles. The predicted octanol–water partition coefficient (Wildman–Crippen LogP) is 2.59. The van der Waals surface area contributed by atoms with Gasteiger partial charge in [-0.25, -0.2) is 0 Å². The van der Waals surface area contributed by atoms with Crippen LogP contribution in [-0.4, -0.2) is 18.5 Å². The van der Waals surface area contributed by atoms with Gasteiger partial charge in [0.2, 0.25) is 5.91 Å². The van der Waals surface area contributed by atoms with Gasteiger partial charge >= 0.3 is 0 Å². The Bertz CT molecular complexity index is 206. The lowest BCUT2D eigenvalue weighted by molar-refractivity contribution is -0.122. The smallest absolute Gasteiger partial charge is 0.220 e. The zero-order chi connectivity index (χ0) is 12.5. The van der Waals surface area contributed by atoms with E-state index in [1.807, 2.05) is 0 Å². The molecule has 1 amide bonds. The molecule has 1 rings (SSSR count). The van der Waals surface area contributed by atoms with Crippen molar-refractivity contribution in [1.82, 2.24) is 5.32 Å². The first-order valence-electron chi connectivity index (χ1n) is 7.25. The first-order valence-corrected chi connectivity index (χ1v) is 7.25. The molecule has 100 valence electrons. The monoisotopic (exact) mass is 240 g/mol. The Morgan fingerprint density at radius 2 is 1.82 bits per heavy atom. The molecular formula is C14H28N2O. The molecule has 3 heteroatoms. The number of nitrogens with two attached hydrogens (primary N) is 1. The van der Waals surface area contributed by atoms with Gasteiger partial charge < -0.3 is 11.1 Å². The standard InChI is InChI=1S/C14H28N2O/c1-2-12(11-15)10-14(17)16-13-8-6-4-3-5-7-9-13/h12-13H,2-11,15H2,1H3,(H,16,17). The first-order chi connectivity index (χ1) is 8.26. The molecular weight excluding hydrogens is 212 g/mol. The molecule has 0 spiro atoms. The van der Waals surface area contributed by atoms with E-state index in [0.717, 1.165) is 19.3 Å². The summed E-state index contributed by atoms with van der Waals surface area (Å²) in [6.45, 7) is 2.72. The Morgan fingerprint density at radius 3 is 2.35 bits per heavy atom. The average molecular weight is 240 g/mol. The second kappa shape index (κ2) is 8.51. The van der Waals surface area contributed by atoms with Gasteiger partial charge in [0.1, 0.15) is 0 Å². The molecule has 3 N–H and O–H groups in total. The van der Waals surface area contributed by atoms with E-state index in [0.29, 0.717) is 24.9 Å². The van der Waals surface area contributed by atoms with Crippen LogP contribution in [0.5, 0.6) is 0 Å². The van der Waals surface area contributed by atoms with E-state index < -0.39 is 0 Å². The summed E-state index contributed by atoms with van der Waals surface area (Å²) in [7, 11) is 0. The molecule has 1 saturated carbocycles. The van der Waals surface area contributed by atoms with Gasteiger partial charge in [-0.2, -0.15) is 0 Å². The van der Waals surface area contributed by atoms with Crippen molar-refractivity contribution in [1.29, 1.82) is 0 Å².